The molecule has 3 aromatic carbocycles. The van der Waals surface area contributed by atoms with E-state index in [9.17, 15) is 27.2 Å². The third-order valence-corrected chi connectivity index (χ3v) is 4.31. The predicted octanol–water partition coefficient (Wildman–Crippen LogP) is 5.00. The maximum atomic E-state index is 14.0. The molecule has 0 radical (unpaired) electrons. The van der Waals surface area contributed by atoms with Crippen molar-refractivity contribution in [2.75, 3.05) is 12.4 Å². The van der Waals surface area contributed by atoms with E-state index in [0.717, 1.165) is 18.2 Å². The zero-order chi connectivity index (χ0) is 23.5. The van der Waals surface area contributed by atoms with Crippen molar-refractivity contribution >= 4 is 17.5 Å². The summed E-state index contributed by atoms with van der Waals surface area (Å²) >= 11 is 0. The molecular weight excluding hydrogens is 432 g/mol. The highest BCUT2D eigenvalue weighted by molar-refractivity contribution is 6.07. The highest BCUT2D eigenvalue weighted by atomic mass is 19.4. The molecule has 32 heavy (non-hydrogen) atoms. The normalized spacial score (nSPS) is 11.0. The summed E-state index contributed by atoms with van der Waals surface area (Å²) in [6.45, 7) is 0. The van der Waals surface area contributed by atoms with Crippen molar-refractivity contribution in [1.29, 1.82) is 0 Å². The van der Waals surface area contributed by atoms with Gasteiger partial charge in [0.2, 0.25) is 5.91 Å². The van der Waals surface area contributed by atoms with E-state index in [4.69, 9.17) is 15.2 Å². The highest BCUT2D eigenvalue weighted by Crippen LogP contribution is 2.38. The molecule has 0 aliphatic carbocycles. The predicted molar refractivity (Wildman–Crippen MR) is 107 cm³/mol. The maximum absolute atomic E-state index is 14.0. The van der Waals surface area contributed by atoms with Crippen molar-refractivity contribution in [2.24, 2.45) is 5.73 Å². The van der Waals surface area contributed by atoms with Crippen molar-refractivity contribution in [3.63, 3.8) is 0 Å². The van der Waals surface area contributed by atoms with E-state index in [1.807, 2.05) is 0 Å². The fraction of sp³-hybridized carbons (Fsp3) is 0.0909. The van der Waals surface area contributed by atoms with E-state index in [1.54, 1.807) is 0 Å². The van der Waals surface area contributed by atoms with Crippen LogP contribution in [0, 0.1) is 5.82 Å². The lowest BCUT2D eigenvalue weighted by molar-refractivity contribution is -0.137. The monoisotopic (exact) mass is 448 g/mol. The molecule has 3 aromatic rings. The van der Waals surface area contributed by atoms with Gasteiger partial charge in [-0.1, -0.05) is 12.1 Å². The fourth-order valence-electron chi connectivity index (χ4n) is 2.81. The minimum Gasteiger partial charge on any atom is -0.490 e. The standard InChI is InChI=1S/C22H16F4N2O4/c1-31-19-16(23)6-3-7-18(19)32-17-9-8-13(22(24,25)26)11-15(17)21(30)28-14-5-2-4-12(10-14)20(27)29/h2-11H,1H3,(H2,27,29)(H,28,30). The average Bonchev–Trinajstić information content (AvgIpc) is 2.73. The smallest absolute Gasteiger partial charge is 0.416 e. The molecular formula is C22H16F4N2O4. The summed E-state index contributed by atoms with van der Waals surface area (Å²) in [6, 6.07) is 11.6. The molecule has 0 bridgehead atoms. The van der Waals surface area contributed by atoms with Gasteiger partial charge in [-0.2, -0.15) is 13.2 Å². The molecule has 0 aliphatic rings. The molecule has 10 heteroatoms. The first-order valence-corrected chi connectivity index (χ1v) is 9.03. The molecule has 0 fully saturated rings. The van der Waals surface area contributed by atoms with Crippen LogP contribution in [-0.2, 0) is 6.18 Å². The first kappa shape index (κ1) is 22.6. The highest BCUT2D eigenvalue weighted by Gasteiger charge is 2.32. The van der Waals surface area contributed by atoms with E-state index in [1.165, 1.54) is 43.5 Å². The van der Waals surface area contributed by atoms with Crippen LogP contribution in [0.1, 0.15) is 26.3 Å². The van der Waals surface area contributed by atoms with Gasteiger partial charge < -0.3 is 20.5 Å². The topological polar surface area (TPSA) is 90.7 Å². The van der Waals surface area contributed by atoms with Crippen LogP contribution in [0.3, 0.4) is 0 Å². The van der Waals surface area contributed by atoms with Gasteiger partial charge in [-0.15, -0.1) is 0 Å². The minimum absolute atomic E-state index is 0.0906. The number of nitrogens with two attached hydrogens (primary N) is 1. The van der Waals surface area contributed by atoms with Gasteiger partial charge in [0.25, 0.3) is 5.91 Å². The van der Waals surface area contributed by atoms with Gasteiger partial charge in [-0.05, 0) is 48.5 Å². The molecule has 0 aromatic heterocycles. The lowest BCUT2D eigenvalue weighted by atomic mass is 10.1. The number of alkyl halides is 3. The van der Waals surface area contributed by atoms with E-state index < -0.39 is 34.9 Å². The van der Waals surface area contributed by atoms with Crippen LogP contribution < -0.4 is 20.5 Å². The molecule has 3 N–H and O–H groups in total. The van der Waals surface area contributed by atoms with Crippen LogP contribution in [0.4, 0.5) is 23.2 Å². The number of para-hydroxylation sites is 1. The van der Waals surface area contributed by atoms with E-state index in [2.05, 4.69) is 5.32 Å². The SMILES string of the molecule is COc1c(F)cccc1Oc1ccc(C(F)(F)F)cc1C(=O)Nc1cccc(C(N)=O)c1. The number of hydrogen-bond acceptors (Lipinski definition) is 4. The van der Waals surface area contributed by atoms with Crippen molar-refractivity contribution in [2.45, 2.75) is 6.18 Å². The number of rotatable bonds is 6. The summed E-state index contributed by atoms with van der Waals surface area (Å²) < 4.78 is 64.1. The Bertz CT molecular complexity index is 1180. The Hall–Kier alpha value is -4.08. The van der Waals surface area contributed by atoms with Crippen molar-refractivity contribution < 1.29 is 36.6 Å². The summed E-state index contributed by atoms with van der Waals surface area (Å²) in [5.41, 5.74) is 3.85. The molecule has 0 saturated carbocycles. The van der Waals surface area contributed by atoms with Crippen LogP contribution in [0.25, 0.3) is 0 Å². The number of primary amides is 1. The molecule has 0 heterocycles. The molecule has 0 unspecified atom stereocenters. The molecule has 6 nitrogen and oxygen atoms in total. The lowest BCUT2D eigenvalue weighted by Crippen LogP contribution is -2.16. The largest absolute Gasteiger partial charge is 0.490 e. The Labute approximate surface area is 179 Å². The molecule has 3 rings (SSSR count). The summed E-state index contributed by atoms with van der Waals surface area (Å²) in [4.78, 5) is 24.2. The number of benzene rings is 3. The quantitative estimate of drug-likeness (QED) is 0.520. The molecule has 2 amide bonds. The number of halogens is 4. The molecule has 0 saturated heterocycles. The summed E-state index contributed by atoms with van der Waals surface area (Å²) in [5.74, 6) is -3.16. The second-order valence-corrected chi connectivity index (χ2v) is 6.48. The summed E-state index contributed by atoms with van der Waals surface area (Å²) in [6.07, 6.45) is -4.73. The average molecular weight is 448 g/mol. The number of methoxy groups -OCH3 is 1. The summed E-state index contributed by atoms with van der Waals surface area (Å²) in [5, 5.41) is 2.40. The Morgan fingerprint density at radius 1 is 0.969 bits per heavy atom. The Morgan fingerprint density at radius 3 is 2.34 bits per heavy atom. The molecule has 166 valence electrons. The van der Waals surface area contributed by atoms with Gasteiger partial charge in [0.05, 0.1) is 18.2 Å². The second-order valence-electron chi connectivity index (χ2n) is 6.48. The van der Waals surface area contributed by atoms with Crippen LogP contribution >= 0.6 is 0 Å². The first-order valence-electron chi connectivity index (χ1n) is 9.03. The van der Waals surface area contributed by atoms with E-state index in [-0.39, 0.29) is 28.5 Å². The van der Waals surface area contributed by atoms with Gasteiger partial charge in [0, 0.05) is 11.3 Å². The van der Waals surface area contributed by atoms with E-state index >= 15 is 0 Å². The number of nitrogens with one attached hydrogen (secondary N) is 1. The van der Waals surface area contributed by atoms with Gasteiger partial charge in [-0.3, -0.25) is 9.59 Å². The zero-order valence-corrected chi connectivity index (χ0v) is 16.5. The molecule has 0 atom stereocenters. The third kappa shape index (κ3) is 4.97. The van der Waals surface area contributed by atoms with Gasteiger partial charge >= 0.3 is 6.18 Å². The number of amides is 2. The number of hydrogen-bond donors (Lipinski definition) is 2. The number of carbonyl (C=O) groups excluding carboxylic acids is 2. The van der Waals surface area contributed by atoms with E-state index in [0.29, 0.717) is 6.07 Å². The van der Waals surface area contributed by atoms with Gasteiger partial charge in [0.15, 0.2) is 17.3 Å². The Balaban J connectivity index is 2.02. The zero-order valence-electron chi connectivity index (χ0n) is 16.5. The van der Waals surface area contributed by atoms with Gasteiger partial charge in [-0.25, -0.2) is 4.39 Å². The Morgan fingerprint density at radius 2 is 1.69 bits per heavy atom. The number of anilines is 1. The van der Waals surface area contributed by atoms with Gasteiger partial charge in [0.1, 0.15) is 5.75 Å². The molecule has 0 aliphatic heterocycles. The number of carbonyl (C=O) groups is 2. The van der Waals surface area contributed by atoms with Crippen LogP contribution in [0.5, 0.6) is 17.2 Å². The van der Waals surface area contributed by atoms with Crippen molar-refractivity contribution in [1.82, 2.24) is 0 Å². The molecule has 0 spiro atoms. The van der Waals surface area contributed by atoms with Crippen molar-refractivity contribution in [3.05, 3.63) is 83.2 Å². The number of ether oxygens (including phenoxy) is 2. The minimum atomic E-state index is -4.73. The first-order chi connectivity index (χ1) is 15.1. The second kappa shape index (κ2) is 8.96. The Kier molecular flexibility index (Phi) is 6.33. The lowest BCUT2D eigenvalue weighted by Gasteiger charge is -2.16. The fourth-order valence-corrected chi connectivity index (χ4v) is 2.81. The maximum Gasteiger partial charge on any atom is 0.416 e. The van der Waals surface area contributed by atoms with Crippen LogP contribution in [0.2, 0.25) is 0 Å². The summed E-state index contributed by atoms with van der Waals surface area (Å²) in [7, 11) is 1.19. The third-order valence-electron chi connectivity index (χ3n) is 4.31. The van der Waals surface area contributed by atoms with Crippen LogP contribution in [-0.4, -0.2) is 18.9 Å². The van der Waals surface area contributed by atoms with Crippen molar-refractivity contribution in [3.8, 4) is 17.2 Å². The van der Waals surface area contributed by atoms with Crippen LogP contribution in [0.15, 0.2) is 60.7 Å².